The van der Waals surface area contributed by atoms with Gasteiger partial charge in [0.15, 0.2) is 15.6 Å². The van der Waals surface area contributed by atoms with Crippen LogP contribution in [-0.2, 0) is 53.3 Å². The van der Waals surface area contributed by atoms with Crippen LogP contribution in [0.15, 0.2) is 82.5 Å². The quantitative estimate of drug-likeness (QED) is 0.0170. The van der Waals surface area contributed by atoms with Gasteiger partial charge in [-0.1, -0.05) is 16.1 Å². The normalized spacial score (nSPS) is 12.7. The van der Waals surface area contributed by atoms with Crippen LogP contribution in [0.3, 0.4) is 0 Å². The van der Waals surface area contributed by atoms with Crippen LogP contribution in [0.2, 0.25) is 0 Å². The van der Waals surface area contributed by atoms with Gasteiger partial charge in [-0.15, -0.1) is 29.1 Å². The molecule has 0 unspecified atom stereocenters. The number of fused-ring (bicyclic) bond motifs is 1. The number of hydrogen-bond acceptors (Lipinski definition) is 22. The molecule has 0 aliphatic carbocycles. The molecule has 0 aliphatic heterocycles. The first-order valence-electron chi connectivity index (χ1n) is 14.2. The topological polar surface area (TPSA) is 334 Å². The predicted octanol–water partition coefficient (Wildman–Crippen LogP) is 6.28. The molecule has 4 aromatic rings. The Morgan fingerprint density at radius 2 is 1.41 bits per heavy atom. The molecule has 0 spiro atoms. The van der Waals surface area contributed by atoms with Gasteiger partial charge in [0, 0.05) is 16.8 Å². The number of rotatable bonds is 17. The minimum Gasteiger partial charge on any atom is -0.505 e. The molecular weight excluding hydrogens is 827 g/mol. The summed E-state index contributed by atoms with van der Waals surface area (Å²) in [5.41, 5.74) is 5.60. The second-order valence-electron chi connectivity index (χ2n) is 10.5. The van der Waals surface area contributed by atoms with Crippen molar-refractivity contribution in [2.45, 2.75) is 33.4 Å². The molecule has 7 N–H and O–H groups in total. The molecule has 0 fully saturated rings. The molecule has 0 saturated heterocycles. The Morgan fingerprint density at radius 3 is 2.02 bits per heavy atom. The van der Waals surface area contributed by atoms with E-state index in [-0.39, 0.29) is 61.0 Å². The Balaban J connectivity index is 1.89. The lowest BCUT2D eigenvalue weighted by molar-refractivity contribution is -0.432. The number of anilines is 1. The van der Waals surface area contributed by atoms with E-state index >= 15 is 0 Å². The number of ether oxygens (including phenoxy) is 1. The molecule has 22 nitrogen and oxygen atoms in total. The highest BCUT2D eigenvalue weighted by Gasteiger charge is 2.27. The third-order valence-electron chi connectivity index (χ3n) is 6.93. The summed E-state index contributed by atoms with van der Waals surface area (Å²) in [6.45, 7) is 2.24. The van der Waals surface area contributed by atoms with Crippen LogP contribution in [0, 0.1) is 13.8 Å². The van der Waals surface area contributed by atoms with E-state index in [2.05, 4.69) is 43.4 Å². The zero-order chi connectivity index (χ0) is 40.0. The van der Waals surface area contributed by atoms with E-state index in [1.165, 1.54) is 26.2 Å². The molecule has 54 heavy (non-hydrogen) atoms. The van der Waals surface area contributed by atoms with E-state index in [1.807, 2.05) is 0 Å². The first-order chi connectivity index (χ1) is 25.3. The van der Waals surface area contributed by atoms with Crippen molar-refractivity contribution in [1.82, 2.24) is 0 Å². The lowest BCUT2D eigenvalue weighted by Crippen LogP contribution is -2.16. The number of nitrogens with two attached hydrogens (primary N) is 1. The zero-order valence-corrected chi connectivity index (χ0v) is 31.6. The van der Waals surface area contributed by atoms with Crippen LogP contribution >= 0.6 is 24.1 Å². The van der Waals surface area contributed by atoms with Gasteiger partial charge < -0.3 is 15.6 Å². The zero-order valence-electron chi connectivity index (χ0n) is 27.5. The first kappa shape index (κ1) is 42.7. The molecular formula is C27H27N5O17S5. The summed E-state index contributed by atoms with van der Waals surface area (Å²) in [7, 11) is -13.1. The molecule has 0 aromatic heterocycles. The number of azo groups is 2. The van der Waals surface area contributed by atoms with Crippen LogP contribution in [0.4, 0.5) is 28.4 Å². The van der Waals surface area contributed by atoms with Gasteiger partial charge in [-0.25, -0.2) is 23.1 Å². The first-order valence-corrected chi connectivity index (χ1v) is 20.1. The molecule has 0 atom stereocenters. The van der Waals surface area contributed by atoms with Gasteiger partial charge in [0.2, 0.25) is 0 Å². The van der Waals surface area contributed by atoms with Crippen molar-refractivity contribution in [3.05, 3.63) is 53.6 Å². The van der Waals surface area contributed by atoms with Crippen molar-refractivity contribution in [2.24, 2.45) is 20.5 Å². The SMILES string of the molecule is COc1cc(S(=O)(=O)CCOS(=O)(=O)O)c(C)cc1N=Nc1c(SOOO)cc2c(S(=O)(=O)O)c(N)c(N=Nc3ccc(C)cc3SOOO)cc2c1O. The fourth-order valence-corrected chi connectivity index (χ4v) is 8.26. The Kier molecular flexibility index (Phi) is 13.9. The van der Waals surface area contributed by atoms with E-state index in [9.17, 15) is 34.9 Å². The summed E-state index contributed by atoms with van der Waals surface area (Å²) < 4.78 is 110. The highest BCUT2D eigenvalue weighted by atomic mass is 32.3. The van der Waals surface area contributed by atoms with E-state index in [0.717, 1.165) is 23.8 Å². The maximum atomic E-state index is 12.9. The van der Waals surface area contributed by atoms with E-state index in [1.54, 1.807) is 19.1 Å². The van der Waals surface area contributed by atoms with Crippen molar-refractivity contribution < 1.29 is 77.6 Å². The molecule has 0 bridgehead atoms. The molecule has 4 rings (SSSR count). The lowest BCUT2D eigenvalue weighted by atomic mass is 10.1. The Morgan fingerprint density at radius 1 is 0.778 bits per heavy atom. The summed E-state index contributed by atoms with van der Waals surface area (Å²) in [6, 6.07) is 9.18. The van der Waals surface area contributed by atoms with Gasteiger partial charge in [0.05, 0.1) is 63.9 Å². The van der Waals surface area contributed by atoms with E-state index in [0.29, 0.717) is 16.9 Å². The predicted molar refractivity (Wildman–Crippen MR) is 188 cm³/mol. The van der Waals surface area contributed by atoms with Crippen LogP contribution < -0.4 is 10.5 Å². The molecule has 27 heteroatoms. The second kappa shape index (κ2) is 17.6. The smallest absolute Gasteiger partial charge is 0.397 e. The number of phenolic OH excluding ortho intramolecular Hbond substituents is 1. The lowest BCUT2D eigenvalue weighted by Gasteiger charge is -2.14. The van der Waals surface area contributed by atoms with Gasteiger partial charge in [-0.2, -0.15) is 16.8 Å². The molecule has 4 aromatic carbocycles. The molecule has 292 valence electrons. The van der Waals surface area contributed by atoms with Crippen LogP contribution in [0.5, 0.6) is 11.5 Å². The van der Waals surface area contributed by atoms with Crippen molar-refractivity contribution in [2.75, 3.05) is 25.2 Å². The Hall–Kier alpha value is -4.07. The summed E-state index contributed by atoms with van der Waals surface area (Å²) in [4.78, 5) is -1.19. The van der Waals surface area contributed by atoms with Crippen LogP contribution in [0.1, 0.15) is 11.1 Å². The number of aryl methyl sites for hydroxylation is 2. The van der Waals surface area contributed by atoms with Crippen molar-refractivity contribution in [3.8, 4) is 11.5 Å². The average Bonchev–Trinajstić information content (AvgIpc) is 3.08. The minimum atomic E-state index is -5.16. The summed E-state index contributed by atoms with van der Waals surface area (Å²) in [5.74, 6) is -1.81. The van der Waals surface area contributed by atoms with Crippen molar-refractivity contribution in [1.29, 1.82) is 0 Å². The molecule has 0 saturated carbocycles. The number of sulfone groups is 1. The van der Waals surface area contributed by atoms with Gasteiger partial charge in [0.1, 0.15) is 33.4 Å². The van der Waals surface area contributed by atoms with Gasteiger partial charge in [0.25, 0.3) is 10.1 Å². The minimum absolute atomic E-state index is 0.0832. The average molecular weight is 854 g/mol. The summed E-state index contributed by atoms with van der Waals surface area (Å²) in [5, 5.41) is 51.6. The van der Waals surface area contributed by atoms with Gasteiger partial charge in [-0.3, -0.25) is 9.11 Å². The van der Waals surface area contributed by atoms with E-state index < -0.39 is 64.7 Å². The largest absolute Gasteiger partial charge is 0.505 e. The number of methoxy groups -OCH3 is 1. The number of hydrogen-bond donors (Lipinski definition) is 6. The number of benzene rings is 4. The van der Waals surface area contributed by atoms with Crippen LogP contribution in [0.25, 0.3) is 10.8 Å². The molecule has 0 amide bonds. The molecule has 0 aliphatic rings. The Labute approximate surface area is 314 Å². The third kappa shape index (κ3) is 10.4. The third-order valence-corrected chi connectivity index (χ3v) is 11.4. The number of phenols is 1. The maximum absolute atomic E-state index is 12.9. The summed E-state index contributed by atoms with van der Waals surface area (Å²) >= 11 is 0.781. The highest BCUT2D eigenvalue weighted by Crippen LogP contribution is 2.49. The second-order valence-corrected chi connectivity index (χ2v) is 16.5. The highest BCUT2D eigenvalue weighted by molar-refractivity contribution is 7.95. The fourth-order valence-electron chi connectivity index (χ4n) is 4.66. The van der Waals surface area contributed by atoms with Crippen LogP contribution in [-0.4, -0.2) is 69.4 Å². The number of nitrogens with zero attached hydrogens (tertiary/aromatic N) is 4. The standard InChI is InChI=1S/C27H27N5O17S5/c1-13-4-5-17(21(8-13)50-48-46-34)29-31-19-10-15-16(27(24(19)28)53(38,39)40)11-22(51-49-47-35)25(26(15)33)32-30-18-9-14(2)23(12-20(18)44-3)52(36,37)7-6-45-54(41,42)43/h4-5,8-12,33-35H,6-7,28H2,1-3H3,(H,38,39,40)(H,41,42,43). The number of nitrogen functional groups attached to an aromatic ring is 1. The van der Waals surface area contributed by atoms with Gasteiger partial charge in [-0.05, 0) is 55.3 Å². The van der Waals surface area contributed by atoms with E-state index in [4.69, 9.17) is 25.5 Å². The number of aromatic hydroxyl groups is 1. The van der Waals surface area contributed by atoms with Crippen molar-refractivity contribution >= 4 is 93.6 Å². The Bertz CT molecular complexity index is 2460. The van der Waals surface area contributed by atoms with Gasteiger partial charge >= 0.3 is 10.4 Å². The fraction of sp³-hybridized carbons (Fsp3) is 0.185. The molecule has 0 radical (unpaired) electrons. The monoisotopic (exact) mass is 853 g/mol. The molecule has 0 heterocycles. The summed E-state index contributed by atoms with van der Waals surface area (Å²) in [6.07, 6.45) is 0. The van der Waals surface area contributed by atoms with Crippen molar-refractivity contribution in [3.63, 3.8) is 0 Å². The maximum Gasteiger partial charge on any atom is 0.397 e.